The molecular formula is C24H45NO9. The zero-order valence-corrected chi connectivity index (χ0v) is 21.3. The van der Waals surface area contributed by atoms with Crippen LogP contribution in [0.25, 0.3) is 0 Å². The summed E-state index contributed by atoms with van der Waals surface area (Å²) in [6, 6.07) is 0. The van der Waals surface area contributed by atoms with Crippen LogP contribution in [0.5, 0.6) is 0 Å². The topological polar surface area (TPSA) is 110 Å². The molecule has 0 aliphatic heterocycles. The predicted octanol–water partition coefficient (Wildman–Crippen LogP) is 1.53. The fourth-order valence-electron chi connectivity index (χ4n) is 3.13. The van der Waals surface area contributed by atoms with Gasteiger partial charge in [-0.3, -0.25) is 4.79 Å². The van der Waals surface area contributed by atoms with Crippen LogP contribution in [-0.2, 0) is 42.8 Å². The van der Waals surface area contributed by atoms with Gasteiger partial charge < -0.3 is 42.9 Å². The first-order valence-electron chi connectivity index (χ1n) is 12.2. The molecule has 0 aromatic rings. The summed E-state index contributed by atoms with van der Waals surface area (Å²) >= 11 is 0. The second-order valence-corrected chi connectivity index (χ2v) is 7.71. The molecule has 0 radical (unpaired) electrons. The fourth-order valence-corrected chi connectivity index (χ4v) is 3.13. The van der Waals surface area contributed by atoms with Crippen molar-refractivity contribution in [3.8, 4) is 0 Å². The minimum absolute atomic E-state index is 0.00452. The zero-order valence-electron chi connectivity index (χ0n) is 21.3. The number of nitrogens with zero attached hydrogens (tertiary/aromatic N) is 1. The number of ether oxygens (including phenoxy) is 6. The van der Waals surface area contributed by atoms with Crippen molar-refractivity contribution in [1.82, 2.24) is 4.90 Å². The van der Waals surface area contributed by atoms with Crippen molar-refractivity contribution in [2.45, 2.75) is 39.5 Å². The lowest BCUT2D eigenvalue weighted by molar-refractivity contribution is -0.143. The van der Waals surface area contributed by atoms with Crippen molar-refractivity contribution < 1.29 is 42.8 Å². The molecule has 0 saturated heterocycles. The number of aldehydes is 2. The van der Waals surface area contributed by atoms with Crippen LogP contribution in [0.1, 0.15) is 39.5 Å². The highest BCUT2D eigenvalue weighted by Gasteiger charge is 2.36. The van der Waals surface area contributed by atoms with Gasteiger partial charge in [0.25, 0.3) is 0 Å². The molecule has 0 unspecified atom stereocenters. The normalized spacial score (nSPS) is 11.5. The minimum atomic E-state index is -0.605. The van der Waals surface area contributed by atoms with E-state index in [2.05, 4.69) is 0 Å². The molecule has 10 heteroatoms. The standard InChI is InChI=1S/C24H45NO9/c1-4-24(5-2,7-10-27)23(28)25(3)8-12-30-14-16-32-18-20-34-22-21-33-19-17-31-15-13-29-11-6-9-26/h9-10H,4-8,11-22H2,1-3H3. The second-order valence-electron chi connectivity index (χ2n) is 7.71. The number of hydrogen-bond donors (Lipinski definition) is 0. The Morgan fingerprint density at radius 2 is 1.03 bits per heavy atom. The van der Waals surface area contributed by atoms with Crippen molar-refractivity contribution in [3.05, 3.63) is 0 Å². The summed E-state index contributed by atoms with van der Waals surface area (Å²) in [5.41, 5.74) is -0.605. The molecule has 0 saturated carbocycles. The van der Waals surface area contributed by atoms with E-state index in [4.69, 9.17) is 28.4 Å². The highest BCUT2D eigenvalue weighted by atomic mass is 16.6. The molecule has 10 nitrogen and oxygen atoms in total. The van der Waals surface area contributed by atoms with Gasteiger partial charge in [0.05, 0.1) is 84.7 Å². The molecule has 0 N–H and O–H groups in total. The number of likely N-dealkylation sites (N-methyl/N-ethyl adjacent to an activating group) is 1. The van der Waals surface area contributed by atoms with Crippen LogP contribution in [0.15, 0.2) is 0 Å². The van der Waals surface area contributed by atoms with Crippen molar-refractivity contribution in [2.75, 3.05) is 92.9 Å². The van der Waals surface area contributed by atoms with Gasteiger partial charge in [0, 0.05) is 26.4 Å². The Morgan fingerprint density at radius 1 is 0.647 bits per heavy atom. The van der Waals surface area contributed by atoms with Gasteiger partial charge in [-0.1, -0.05) is 13.8 Å². The molecule has 0 aromatic heterocycles. The Morgan fingerprint density at radius 3 is 1.38 bits per heavy atom. The lowest BCUT2D eigenvalue weighted by Crippen LogP contribution is -2.43. The molecular weight excluding hydrogens is 446 g/mol. The van der Waals surface area contributed by atoms with E-state index in [1.54, 1.807) is 11.9 Å². The van der Waals surface area contributed by atoms with E-state index in [1.165, 1.54) is 0 Å². The third kappa shape index (κ3) is 16.2. The zero-order chi connectivity index (χ0) is 25.3. The number of amides is 1. The Bertz CT molecular complexity index is 501. The van der Waals surface area contributed by atoms with Gasteiger partial charge in [0.15, 0.2) is 0 Å². The van der Waals surface area contributed by atoms with Crippen molar-refractivity contribution in [2.24, 2.45) is 5.41 Å². The van der Waals surface area contributed by atoms with Gasteiger partial charge in [-0.05, 0) is 12.8 Å². The van der Waals surface area contributed by atoms with Crippen molar-refractivity contribution >= 4 is 18.5 Å². The largest absolute Gasteiger partial charge is 0.379 e. The van der Waals surface area contributed by atoms with Gasteiger partial charge >= 0.3 is 0 Å². The molecule has 0 rings (SSSR count). The predicted molar refractivity (Wildman–Crippen MR) is 127 cm³/mol. The molecule has 200 valence electrons. The van der Waals surface area contributed by atoms with Gasteiger partial charge in [-0.25, -0.2) is 0 Å². The van der Waals surface area contributed by atoms with E-state index in [-0.39, 0.29) is 12.3 Å². The maximum absolute atomic E-state index is 12.7. The lowest BCUT2D eigenvalue weighted by Gasteiger charge is -2.33. The Labute approximate surface area is 204 Å². The summed E-state index contributed by atoms with van der Waals surface area (Å²) in [6.45, 7) is 9.94. The van der Waals surface area contributed by atoms with E-state index in [9.17, 15) is 14.4 Å². The van der Waals surface area contributed by atoms with Gasteiger partial charge in [0.1, 0.15) is 12.6 Å². The molecule has 0 aliphatic carbocycles. The van der Waals surface area contributed by atoms with Gasteiger partial charge in [-0.15, -0.1) is 0 Å². The van der Waals surface area contributed by atoms with Crippen LogP contribution in [0.4, 0.5) is 0 Å². The summed E-state index contributed by atoms with van der Waals surface area (Å²) in [6.07, 6.45) is 3.60. The molecule has 0 heterocycles. The van der Waals surface area contributed by atoms with E-state index >= 15 is 0 Å². The average Bonchev–Trinajstić information content (AvgIpc) is 2.85. The van der Waals surface area contributed by atoms with E-state index < -0.39 is 5.41 Å². The maximum atomic E-state index is 12.7. The van der Waals surface area contributed by atoms with E-state index in [0.29, 0.717) is 105 Å². The molecule has 0 spiro atoms. The van der Waals surface area contributed by atoms with Crippen LogP contribution in [-0.4, -0.2) is 116 Å². The summed E-state index contributed by atoms with van der Waals surface area (Å²) in [5.74, 6) is -0.00452. The Kier molecular flexibility index (Phi) is 22.3. The molecule has 0 bridgehead atoms. The van der Waals surface area contributed by atoms with Crippen LogP contribution < -0.4 is 0 Å². The first-order chi connectivity index (χ1) is 16.6. The average molecular weight is 492 g/mol. The number of rotatable bonds is 26. The molecule has 0 aromatic carbocycles. The van der Waals surface area contributed by atoms with Crippen LogP contribution in [0.3, 0.4) is 0 Å². The molecule has 0 atom stereocenters. The maximum Gasteiger partial charge on any atom is 0.229 e. The number of carbonyl (C=O) groups is 3. The molecule has 34 heavy (non-hydrogen) atoms. The summed E-state index contributed by atoms with van der Waals surface area (Å²) in [5, 5.41) is 0. The van der Waals surface area contributed by atoms with Gasteiger partial charge in [-0.2, -0.15) is 0 Å². The minimum Gasteiger partial charge on any atom is -0.379 e. The SMILES string of the molecule is CCC(CC)(CC=O)C(=O)N(C)CCOCCOCCOCCOCCOCCOCCC=O. The number of hydrogen-bond acceptors (Lipinski definition) is 9. The first kappa shape index (κ1) is 32.6. The monoisotopic (exact) mass is 491 g/mol. The Hall–Kier alpha value is -1.43. The van der Waals surface area contributed by atoms with Gasteiger partial charge in [0.2, 0.25) is 5.91 Å². The van der Waals surface area contributed by atoms with Crippen LogP contribution in [0.2, 0.25) is 0 Å². The quantitative estimate of drug-likeness (QED) is 0.131. The first-order valence-corrected chi connectivity index (χ1v) is 12.2. The lowest BCUT2D eigenvalue weighted by atomic mass is 9.78. The molecule has 0 aliphatic rings. The van der Waals surface area contributed by atoms with Crippen molar-refractivity contribution in [3.63, 3.8) is 0 Å². The van der Waals surface area contributed by atoms with Crippen LogP contribution in [0, 0.1) is 5.41 Å². The molecule has 0 fully saturated rings. The third-order valence-electron chi connectivity index (χ3n) is 5.44. The highest BCUT2D eigenvalue weighted by Crippen LogP contribution is 2.31. The fraction of sp³-hybridized carbons (Fsp3) is 0.875. The highest BCUT2D eigenvalue weighted by molar-refractivity contribution is 5.84. The number of carbonyl (C=O) groups excluding carboxylic acids is 3. The summed E-state index contributed by atoms with van der Waals surface area (Å²) in [4.78, 5) is 35.4. The van der Waals surface area contributed by atoms with E-state index in [0.717, 1.165) is 12.6 Å². The second kappa shape index (κ2) is 23.3. The van der Waals surface area contributed by atoms with Crippen molar-refractivity contribution in [1.29, 1.82) is 0 Å². The summed E-state index contributed by atoms with van der Waals surface area (Å²) < 4.78 is 32.3. The smallest absolute Gasteiger partial charge is 0.229 e. The van der Waals surface area contributed by atoms with Crippen LogP contribution >= 0.6 is 0 Å². The Balaban J connectivity index is 3.46. The molecule has 1 amide bonds. The third-order valence-corrected chi connectivity index (χ3v) is 5.44. The van der Waals surface area contributed by atoms with E-state index in [1.807, 2.05) is 13.8 Å². The summed E-state index contributed by atoms with van der Waals surface area (Å²) in [7, 11) is 1.75.